The molecule has 0 spiro atoms. The van der Waals surface area contributed by atoms with Crippen molar-refractivity contribution in [3.63, 3.8) is 0 Å². The summed E-state index contributed by atoms with van der Waals surface area (Å²) < 4.78 is 24.3. The van der Waals surface area contributed by atoms with Crippen LogP contribution in [-0.4, -0.2) is 12.4 Å². The summed E-state index contributed by atoms with van der Waals surface area (Å²) in [5, 5.41) is 0. The van der Waals surface area contributed by atoms with Gasteiger partial charge >= 0.3 is 0 Å². The van der Waals surface area contributed by atoms with Crippen LogP contribution in [0.1, 0.15) is 30.9 Å². The molecule has 15 heavy (non-hydrogen) atoms. The maximum Gasteiger partial charge on any atom is 0.262 e. The lowest BCUT2D eigenvalue weighted by Crippen LogP contribution is -2.11. The summed E-state index contributed by atoms with van der Waals surface area (Å²) in [5.74, 6) is 0.499. The minimum Gasteiger partial charge on any atom is -0.286 e. The van der Waals surface area contributed by atoms with Gasteiger partial charge in [0.25, 0.3) is 9.05 Å². The van der Waals surface area contributed by atoms with Crippen LogP contribution in [0, 0.1) is 0 Å². The van der Waals surface area contributed by atoms with E-state index in [1.54, 1.807) is 12.3 Å². The van der Waals surface area contributed by atoms with E-state index in [1.165, 1.54) is 15.5 Å². The van der Waals surface area contributed by atoms with E-state index in [-0.39, 0.29) is 4.90 Å². The first-order valence-electron chi connectivity index (χ1n) is 4.48. The SMILES string of the molecule is O=S(=O)(Cl)c1cc(C2CCC2)n(SI)c1. The van der Waals surface area contributed by atoms with Gasteiger partial charge in [-0.15, -0.1) is 0 Å². The van der Waals surface area contributed by atoms with E-state index in [0.29, 0.717) is 5.92 Å². The highest BCUT2D eigenvalue weighted by Gasteiger charge is 2.25. The normalized spacial score (nSPS) is 17.7. The Morgan fingerprint density at radius 1 is 1.53 bits per heavy atom. The lowest BCUT2D eigenvalue weighted by Gasteiger charge is -2.25. The second kappa shape index (κ2) is 4.46. The van der Waals surface area contributed by atoms with E-state index in [2.05, 4.69) is 21.2 Å². The molecule has 2 rings (SSSR count). The second-order valence-electron chi connectivity index (χ2n) is 3.56. The lowest BCUT2D eigenvalue weighted by molar-refractivity contribution is 0.410. The van der Waals surface area contributed by atoms with Gasteiger partial charge in [0, 0.05) is 58.8 Å². The van der Waals surface area contributed by atoms with Crippen molar-refractivity contribution in [1.29, 1.82) is 0 Å². The van der Waals surface area contributed by atoms with Crippen molar-refractivity contribution in [3.8, 4) is 0 Å². The highest BCUT2D eigenvalue weighted by atomic mass is 127. The van der Waals surface area contributed by atoms with E-state index >= 15 is 0 Å². The molecule has 0 aromatic carbocycles. The number of halogens is 2. The number of hydrogen-bond acceptors (Lipinski definition) is 3. The molecule has 0 radical (unpaired) electrons. The van der Waals surface area contributed by atoms with Crippen LogP contribution in [0.15, 0.2) is 17.2 Å². The zero-order valence-corrected chi connectivity index (χ0v) is 12.2. The van der Waals surface area contributed by atoms with Gasteiger partial charge in [-0.3, -0.25) is 3.97 Å². The molecular formula is C8H9ClINO2S2. The smallest absolute Gasteiger partial charge is 0.262 e. The molecule has 1 fully saturated rings. The third-order valence-electron chi connectivity index (χ3n) is 2.67. The number of rotatable bonds is 3. The predicted octanol–water partition coefficient (Wildman–Crippen LogP) is 3.53. The Morgan fingerprint density at radius 3 is 2.60 bits per heavy atom. The van der Waals surface area contributed by atoms with Crippen molar-refractivity contribution >= 4 is 50.1 Å². The summed E-state index contributed by atoms with van der Waals surface area (Å²) in [5.41, 5.74) is 1.07. The van der Waals surface area contributed by atoms with E-state index in [4.69, 9.17) is 10.7 Å². The highest BCUT2D eigenvalue weighted by Crippen LogP contribution is 2.40. The fourth-order valence-electron chi connectivity index (χ4n) is 1.63. The van der Waals surface area contributed by atoms with E-state index in [1.807, 2.05) is 3.97 Å². The monoisotopic (exact) mass is 377 g/mol. The Labute approximate surface area is 110 Å². The lowest BCUT2D eigenvalue weighted by atomic mass is 9.83. The van der Waals surface area contributed by atoms with Crippen LogP contribution in [-0.2, 0) is 9.05 Å². The van der Waals surface area contributed by atoms with Gasteiger partial charge in [-0.25, -0.2) is 8.42 Å². The largest absolute Gasteiger partial charge is 0.286 e. The second-order valence-corrected chi connectivity index (χ2v) is 7.84. The van der Waals surface area contributed by atoms with Crippen molar-refractivity contribution in [2.75, 3.05) is 0 Å². The maximum absolute atomic E-state index is 11.2. The molecular weight excluding hydrogens is 369 g/mol. The quantitative estimate of drug-likeness (QED) is 0.597. The molecule has 0 unspecified atom stereocenters. The van der Waals surface area contributed by atoms with Crippen molar-refractivity contribution < 1.29 is 8.42 Å². The van der Waals surface area contributed by atoms with Crippen LogP contribution in [0.3, 0.4) is 0 Å². The van der Waals surface area contributed by atoms with Crippen molar-refractivity contribution in [1.82, 2.24) is 3.97 Å². The molecule has 1 aliphatic rings. The topological polar surface area (TPSA) is 39.1 Å². The highest BCUT2D eigenvalue weighted by molar-refractivity contribution is 14.2. The first-order valence-corrected chi connectivity index (χ1v) is 10.1. The molecule has 1 aromatic heterocycles. The molecule has 1 aliphatic carbocycles. The summed E-state index contributed by atoms with van der Waals surface area (Å²) in [7, 11) is 3.19. The first kappa shape index (κ1) is 12.1. The zero-order chi connectivity index (χ0) is 11.1. The fourth-order valence-corrected chi connectivity index (χ4v) is 3.90. The number of aromatic nitrogens is 1. The van der Waals surface area contributed by atoms with Crippen LogP contribution in [0.25, 0.3) is 0 Å². The summed E-state index contributed by atoms with van der Waals surface area (Å²) in [4.78, 5) is 0.204. The van der Waals surface area contributed by atoms with Gasteiger partial charge in [0.2, 0.25) is 0 Å². The average molecular weight is 378 g/mol. The minimum absolute atomic E-state index is 0.204. The third-order valence-corrected chi connectivity index (χ3v) is 5.73. The van der Waals surface area contributed by atoms with Gasteiger partial charge in [-0.1, -0.05) is 6.42 Å². The molecule has 1 heterocycles. The molecule has 0 amide bonds. The third kappa shape index (κ3) is 2.48. The summed E-state index contributed by atoms with van der Waals surface area (Å²) in [6, 6.07) is 1.69. The Morgan fingerprint density at radius 2 is 2.20 bits per heavy atom. The molecule has 1 aromatic rings. The molecule has 0 bridgehead atoms. The molecule has 0 saturated heterocycles. The Bertz CT molecular complexity index is 467. The average Bonchev–Trinajstić information content (AvgIpc) is 2.44. The summed E-state index contributed by atoms with van der Waals surface area (Å²) in [6.45, 7) is 0. The number of hydrogen-bond donors (Lipinski definition) is 0. The van der Waals surface area contributed by atoms with Gasteiger partial charge in [0.15, 0.2) is 0 Å². The standard InChI is InChI=1S/C8H9ClINO2S2/c9-15(12,13)7-4-8(6-2-1-3-6)11(5-7)14-10/h4-6H,1-3H2. The van der Waals surface area contributed by atoms with Crippen molar-refractivity contribution in [2.24, 2.45) is 0 Å². The molecule has 1 saturated carbocycles. The van der Waals surface area contributed by atoms with Crippen molar-refractivity contribution in [2.45, 2.75) is 30.1 Å². The summed E-state index contributed by atoms with van der Waals surface area (Å²) in [6.07, 6.45) is 5.10. The maximum atomic E-state index is 11.2. The van der Waals surface area contributed by atoms with Gasteiger partial charge in [0.05, 0.1) is 0 Å². The van der Waals surface area contributed by atoms with Gasteiger partial charge in [0.1, 0.15) is 4.90 Å². The van der Waals surface area contributed by atoms with Crippen LogP contribution in [0.2, 0.25) is 0 Å². The molecule has 7 heteroatoms. The molecule has 84 valence electrons. The summed E-state index contributed by atoms with van der Waals surface area (Å²) >= 11 is 2.14. The van der Waals surface area contributed by atoms with Gasteiger partial charge < -0.3 is 0 Å². The predicted molar refractivity (Wildman–Crippen MR) is 71.1 cm³/mol. The van der Waals surface area contributed by atoms with E-state index in [9.17, 15) is 8.42 Å². The zero-order valence-electron chi connectivity index (χ0n) is 7.69. The first-order chi connectivity index (χ1) is 7.02. The minimum atomic E-state index is -3.60. The van der Waals surface area contributed by atoms with Gasteiger partial charge in [-0.2, -0.15) is 0 Å². The number of nitrogens with zero attached hydrogens (tertiary/aromatic N) is 1. The fraction of sp³-hybridized carbons (Fsp3) is 0.500. The Hall–Kier alpha value is 0.600. The van der Waals surface area contributed by atoms with Gasteiger partial charge in [-0.05, 0) is 18.9 Å². The van der Waals surface area contributed by atoms with Crippen LogP contribution in [0.4, 0.5) is 0 Å². The Balaban J connectivity index is 2.41. The van der Waals surface area contributed by atoms with E-state index in [0.717, 1.165) is 18.5 Å². The van der Waals surface area contributed by atoms with Crippen LogP contribution >= 0.6 is 41.0 Å². The Kier molecular flexibility index (Phi) is 3.59. The molecule has 0 aliphatic heterocycles. The molecule has 3 nitrogen and oxygen atoms in total. The van der Waals surface area contributed by atoms with Crippen LogP contribution < -0.4 is 0 Å². The van der Waals surface area contributed by atoms with Crippen LogP contribution in [0.5, 0.6) is 0 Å². The molecule has 0 N–H and O–H groups in total. The van der Waals surface area contributed by atoms with E-state index < -0.39 is 9.05 Å². The molecule has 0 atom stereocenters. The van der Waals surface area contributed by atoms with Crippen molar-refractivity contribution in [3.05, 3.63) is 18.0 Å².